The van der Waals surface area contributed by atoms with E-state index in [1.807, 2.05) is 6.92 Å². The van der Waals surface area contributed by atoms with Crippen molar-refractivity contribution in [3.63, 3.8) is 0 Å². The lowest BCUT2D eigenvalue weighted by atomic mass is 9.93. The number of ether oxygens (including phenoxy) is 1. The number of carbonyl (C=O) groups excluding carboxylic acids is 1. The van der Waals surface area contributed by atoms with Gasteiger partial charge in [0.2, 0.25) is 0 Å². The van der Waals surface area contributed by atoms with Crippen molar-refractivity contribution in [1.29, 1.82) is 0 Å². The first-order chi connectivity index (χ1) is 6.15. The molecule has 0 amide bonds. The lowest BCUT2D eigenvalue weighted by Gasteiger charge is -2.17. The summed E-state index contributed by atoms with van der Waals surface area (Å²) in [6.45, 7) is 6.85. The Morgan fingerprint density at radius 2 is 2.08 bits per heavy atom. The molecule has 0 saturated heterocycles. The molecule has 1 rings (SSSR count). The van der Waals surface area contributed by atoms with Crippen molar-refractivity contribution < 1.29 is 9.53 Å². The lowest BCUT2D eigenvalue weighted by Crippen LogP contribution is -2.22. The van der Waals surface area contributed by atoms with E-state index in [0.717, 1.165) is 6.42 Å². The average Bonchev–Trinajstić information content (AvgIpc) is 2.84. The second-order valence-corrected chi connectivity index (χ2v) is 4.33. The third-order valence-corrected chi connectivity index (χ3v) is 2.71. The van der Waals surface area contributed by atoms with Crippen LogP contribution in [0.1, 0.15) is 40.0 Å². The van der Waals surface area contributed by atoms with Crippen LogP contribution in [-0.4, -0.2) is 12.6 Å². The van der Waals surface area contributed by atoms with Gasteiger partial charge in [-0.15, -0.1) is 0 Å². The Hall–Kier alpha value is -0.530. The molecule has 1 atom stereocenters. The molecule has 76 valence electrons. The summed E-state index contributed by atoms with van der Waals surface area (Å²) in [6.07, 6.45) is 3.37. The molecule has 0 radical (unpaired) electrons. The summed E-state index contributed by atoms with van der Waals surface area (Å²) in [5.41, 5.74) is 0. The van der Waals surface area contributed by atoms with Crippen LogP contribution in [-0.2, 0) is 9.53 Å². The van der Waals surface area contributed by atoms with Crippen molar-refractivity contribution >= 4 is 5.97 Å². The minimum atomic E-state index is 0.00407. The van der Waals surface area contributed by atoms with Crippen LogP contribution in [0.3, 0.4) is 0 Å². The maximum Gasteiger partial charge on any atom is 0.309 e. The van der Waals surface area contributed by atoms with Crippen molar-refractivity contribution in [3.8, 4) is 0 Å². The third-order valence-electron chi connectivity index (χ3n) is 2.71. The smallest absolute Gasteiger partial charge is 0.309 e. The molecule has 0 aromatic rings. The normalized spacial score (nSPS) is 18.8. The van der Waals surface area contributed by atoms with Gasteiger partial charge in [0.05, 0.1) is 12.5 Å². The third kappa shape index (κ3) is 3.37. The fourth-order valence-corrected chi connectivity index (χ4v) is 1.50. The van der Waals surface area contributed by atoms with E-state index in [4.69, 9.17) is 4.74 Å². The van der Waals surface area contributed by atoms with Crippen LogP contribution in [0.25, 0.3) is 0 Å². The maximum absolute atomic E-state index is 11.5. The second-order valence-electron chi connectivity index (χ2n) is 4.33. The Bertz CT molecular complexity index is 171. The van der Waals surface area contributed by atoms with Crippen LogP contribution in [0, 0.1) is 17.8 Å². The van der Waals surface area contributed by atoms with Gasteiger partial charge in [0.1, 0.15) is 0 Å². The van der Waals surface area contributed by atoms with Crippen LogP contribution in [0.5, 0.6) is 0 Å². The van der Waals surface area contributed by atoms with Crippen molar-refractivity contribution in [2.45, 2.75) is 40.0 Å². The first-order valence-electron chi connectivity index (χ1n) is 5.31. The van der Waals surface area contributed by atoms with Gasteiger partial charge in [0.25, 0.3) is 0 Å². The van der Waals surface area contributed by atoms with E-state index < -0.39 is 0 Å². The lowest BCUT2D eigenvalue weighted by molar-refractivity contribution is -0.150. The second kappa shape index (κ2) is 4.64. The molecule has 1 unspecified atom stereocenters. The van der Waals surface area contributed by atoms with Gasteiger partial charge in [-0.3, -0.25) is 4.79 Å². The number of esters is 1. The van der Waals surface area contributed by atoms with Crippen LogP contribution in [0.15, 0.2) is 0 Å². The average molecular weight is 184 g/mol. The van der Waals surface area contributed by atoms with Gasteiger partial charge in [-0.1, -0.05) is 20.8 Å². The SMILES string of the molecule is CCC(C(=O)OCC1CC1)C(C)C. The van der Waals surface area contributed by atoms with E-state index in [1.54, 1.807) is 0 Å². The Balaban J connectivity index is 2.25. The summed E-state index contributed by atoms with van der Waals surface area (Å²) >= 11 is 0. The van der Waals surface area contributed by atoms with Gasteiger partial charge in [-0.2, -0.15) is 0 Å². The van der Waals surface area contributed by atoms with Gasteiger partial charge in [0.15, 0.2) is 0 Å². The first kappa shape index (κ1) is 10.6. The van der Waals surface area contributed by atoms with Crippen molar-refractivity contribution in [3.05, 3.63) is 0 Å². The summed E-state index contributed by atoms with van der Waals surface area (Å²) in [5, 5.41) is 0. The topological polar surface area (TPSA) is 26.3 Å². The van der Waals surface area contributed by atoms with E-state index >= 15 is 0 Å². The van der Waals surface area contributed by atoms with Crippen molar-refractivity contribution in [2.24, 2.45) is 17.8 Å². The molecule has 0 N–H and O–H groups in total. The summed E-state index contributed by atoms with van der Waals surface area (Å²) in [6, 6.07) is 0. The van der Waals surface area contributed by atoms with Crippen LogP contribution in [0.4, 0.5) is 0 Å². The first-order valence-corrected chi connectivity index (χ1v) is 5.31. The Morgan fingerprint density at radius 3 is 2.46 bits per heavy atom. The fraction of sp³-hybridized carbons (Fsp3) is 0.909. The maximum atomic E-state index is 11.5. The number of hydrogen-bond acceptors (Lipinski definition) is 2. The predicted octanol–water partition coefficient (Wildman–Crippen LogP) is 2.62. The van der Waals surface area contributed by atoms with Crippen LogP contribution >= 0.6 is 0 Å². The molecular formula is C11H20O2. The molecule has 0 bridgehead atoms. The van der Waals surface area contributed by atoms with Crippen molar-refractivity contribution in [1.82, 2.24) is 0 Å². The summed E-state index contributed by atoms with van der Waals surface area (Å²) in [5.74, 6) is 1.17. The van der Waals surface area contributed by atoms with E-state index in [0.29, 0.717) is 18.4 Å². The molecule has 0 spiro atoms. The molecule has 2 nitrogen and oxygen atoms in total. The fourth-order valence-electron chi connectivity index (χ4n) is 1.50. The summed E-state index contributed by atoms with van der Waals surface area (Å²) in [4.78, 5) is 11.5. The molecule has 0 aromatic carbocycles. The summed E-state index contributed by atoms with van der Waals surface area (Å²) < 4.78 is 5.24. The Kier molecular flexibility index (Phi) is 3.76. The molecule has 1 aliphatic rings. The van der Waals surface area contributed by atoms with E-state index in [1.165, 1.54) is 12.8 Å². The van der Waals surface area contributed by atoms with Gasteiger partial charge in [0, 0.05) is 0 Å². The highest BCUT2D eigenvalue weighted by atomic mass is 16.5. The number of rotatable bonds is 5. The summed E-state index contributed by atoms with van der Waals surface area (Å²) in [7, 11) is 0. The molecule has 0 aromatic heterocycles. The molecule has 1 aliphatic carbocycles. The minimum Gasteiger partial charge on any atom is -0.465 e. The zero-order chi connectivity index (χ0) is 9.84. The molecule has 2 heteroatoms. The molecule has 0 aliphatic heterocycles. The molecule has 13 heavy (non-hydrogen) atoms. The quantitative estimate of drug-likeness (QED) is 0.614. The van der Waals surface area contributed by atoms with Gasteiger partial charge in [-0.05, 0) is 31.1 Å². The van der Waals surface area contributed by atoms with Crippen LogP contribution in [0.2, 0.25) is 0 Å². The van der Waals surface area contributed by atoms with Gasteiger partial charge in [-0.25, -0.2) is 0 Å². The molecule has 0 heterocycles. The highest BCUT2D eigenvalue weighted by Gasteiger charge is 2.26. The van der Waals surface area contributed by atoms with E-state index in [-0.39, 0.29) is 11.9 Å². The Labute approximate surface area is 80.7 Å². The predicted molar refractivity (Wildman–Crippen MR) is 52.3 cm³/mol. The molecule has 1 fully saturated rings. The molecule has 1 saturated carbocycles. The zero-order valence-electron chi connectivity index (χ0n) is 8.88. The highest BCUT2D eigenvalue weighted by Crippen LogP contribution is 2.29. The standard InChI is InChI=1S/C11H20O2/c1-4-10(8(2)3)11(12)13-7-9-5-6-9/h8-10H,4-7H2,1-3H3. The van der Waals surface area contributed by atoms with Gasteiger partial charge >= 0.3 is 5.97 Å². The highest BCUT2D eigenvalue weighted by molar-refractivity contribution is 5.72. The van der Waals surface area contributed by atoms with Crippen molar-refractivity contribution in [2.75, 3.05) is 6.61 Å². The van der Waals surface area contributed by atoms with Gasteiger partial charge < -0.3 is 4.74 Å². The van der Waals surface area contributed by atoms with E-state index in [2.05, 4.69) is 13.8 Å². The monoisotopic (exact) mass is 184 g/mol. The molecular weight excluding hydrogens is 164 g/mol. The Morgan fingerprint density at radius 1 is 1.46 bits per heavy atom. The largest absolute Gasteiger partial charge is 0.465 e. The number of carbonyl (C=O) groups is 1. The van der Waals surface area contributed by atoms with Crippen LogP contribution < -0.4 is 0 Å². The minimum absolute atomic E-state index is 0.00407. The number of hydrogen-bond donors (Lipinski definition) is 0. The van der Waals surface area contributed by atoms with E-state index in [9.17, 15) is 4.79 Å². The zero-order valence-corrected chi connectivity index (χ0v) is 8.88.